The Labute approximate surface area is 373 Å². The van der Waals surface area contributed by atoms with E-state index in [2.05, 4.69) is 0 Å². The van der Waals surface area contributed by atoms with Gasteiger partial charge >= 0.3 is 0 Å². The van der Waals surface area contributed by atoms with Crippen LogP contribution in [0.25, 0.3) is 0 Å². The Morgan fingerprint density at radius 2 is 1.14 bits per heavy atom. The predicted molar refractivity (Wildman–Crippen MR) is 238 cm³/mol. The summed E-state index contributed by atoms with van der Waals surface area (Å²) in [5, 5.41) is 108. The maximum atomic E-state index is 12.8. The van der Waals surface area contributed by atoms with Crippen molar-refractivity contribution in [1.82, 2.24) is 0 Å². The molecule has 2 bridgehead atoms. The number of Topliss-reactive ketones (excluding diaryl/α,β-unsaturated/α-hetero) is 1. The molecule has 3 rings (SSSR count). The highest BCUT2D eigenvalue weighted by atomic mass is 16.7. The van der Waals surface area contributed by atoms with Crippen molar-refractivity contribution in [3.63, 3.8) is 0 Å². The van der Waals surface area contributed by atoms with Crippen molar-refractivity contribution >= 4 is 5.78 Å². The molecular formula is C48H77NO14. The molecule has 63 heavy (non-hydrogen) atoms. The van der Waals surface area contributed by atoms with Crippen molar-refractivity contribution in [2.24, 2.45) is 29.4 Å². The fourth-order valence-electron chi connectivity index (χ4n) is 8.19. The molecule has 15 nitrogen and oxygen atoms in total. The van der Waals surface area contributed by atoms with Gasteiger partial charge in [0.15, 0.2) is 12.1 Å². The molecule has 2 fully saturated rings. The smallest absolute Gasteiger partial charge is 0.186 e. The highest BCUT2D eigenvalue weighted by molar-refractivity contribution is 5.79. The summed E-state index contributed by atoms with van der Waals surface area (Å²) >= 11 is 0. The zero-order valence-corrected chi connectivity index (χ0v) is 37.5. The van der Waals surface area contributed by atoms with E-state index in [-0.39, 0.29) is 74.9 Å². The fourth-order valence-corrected chi connectivity index (χ4v) is 8.19. The lowest BCUT2D eigenvalue weighted by atomic mass is 9.81. The van der Waals surface area contributed by atoms with Gasteiger partial charge in [0.1, 0.15) is 11.9 Å². The van der Waals surface area contributed by atoms with E-state index >= 15 is 0 Å². The summed E-state index contributed by atoms with van der Waals surface area (Å²) in [5.41, 5.74) is 6.06. The lowest BCUT2D eigenvalue weighted by Gasteiger charge is -2.46. The molecular weight excluding hydrogens is 815 g/mol. The number of hydrogen-bond acceptors (Lipinski definition) is 15. The van der Waals surface area contributed by atoms with E-state index in [1.54, 1.807) is 38.2 Å². The normalized spacial score (nSPS) is 46.8. The first-order valence-electron chi connectivity index (χ1n) is 22.5. The van der Waals surface area contributed by atoms with Crippen LogP contribution in [-0.2, 0) is 19.0 Å². The van der Waals surface area contributed by atoms with Crippen molar-refractivity contribution in [3.8, 4) is 0 Å². The van der Waals surface area contributed by atoms with Gasteiger partial charge in [0, 0.05) is 43.9 Å². The van der Waals surface area contributed by atoms with Crippen molar-refractivity contribution in [2.75, 3.05) is 0 Å². The van der Waals surface area contributed by atoms with Gasteiger partial charge in [-0.2, -0.15) is 0 Å². The monoisotopic (exact) mass is 892 g/mol. The first kappa shape index (κ1) is 54.6. The number of aliphatic hydroxyl groups is 10. The minimum absolute atomic E-state index is 0.0365. The Morgan fingerprint density at radius 3 is 1.75 bits per heavy atom. The number of ether oxygens (including phenoxy) is 3. The summed E-state index contributed by atoms with van der Waals surface area (Å²) in [6.45, 7) is 9.01. The fraction of sp³-hybridized carbons (Fsp3) is 0.688. The molecule has 1 unspecified atom stereocenters. The van der Waals surface area contributed by atoms with Crippen LogP contribution in [0, 0.1) is 23.7 Å². The van der Waals surface area contributed by atoms with E-state index in [9.17, 15) is 55.9 Å². The number of hydrogen-bond donors (Lipinski definition) is 11. The van der Waals surface area contributed by atoms with Gasteiger partial charge in [-0.1, -0.05) is 113 Å². The molecule has 0 aromatic heterocycles. The van der Waals surface area contributed by atoms with Crippen LogP contribution in [0.1, 0.15) is 92.4 Å². The minimum Gasteiger partial charge on any atom is -0.393 e. The number of nitrogens with two attached hydrogens (primary N) is 1. The average Bonchev–Trinajstić information content (AvgIpc) is 3.21. The first-order chi connectivity index (χ1) is 29.7. The molecule has 3 aliphatic rings. The van der Waals surface area contributed by atoms with Gasteiger partial charge in [-0.3, -0.25) is 4.79 Å². The molecule has 0 aliphatic carbocycles. The van der Waals surface area contributed by atoms with Crippen LogP contribution in [0.3, 0.4) is 0 Å². The van der Waals surface area contributed by atoms with Crippen LogP contribution in [0.2, 0.25) is 0 Å². The van der Waals surface area contributed by atoms with Gasteiger partial charge in [-0.25, -0.2) is 0 Å². The molecule has 0 spiro atoms. The molecule has 0 aromatic rings. The molecule has 12 N–H and O–H groups in total. The lowest BCUT2D eigenvalue weighted by Crippen LogP contribution is -2.61. The number of ketones is 1. The molecule has 19 atom stereocenters. The van der Waals surface area contributed by atoms with Crippen molar-refractivity contribution in [1.29, 1.82) is 0 Å². The summed E-state index contributed by atoms with van der Waals surface area (Å²) in [5.74, 6) is -3.36. The minimum atomic E-state index is -2.07. The maximum Gasteiger partial charge on any atom is 0.186 e. The molecule has 0 amide bonds. The van der Waals surface area contributed by atoms with Crippen molar-refractivity contribution in [2.45, 2.75) is 184 Å². The van der Waals surface area contributed by atoms with E-state index in [4.69, 9.17) is 19.9 Å². The van der Waals surface area contributed by atoms with Crippen LogP contribution < -0.4 is 5.73 Å². The van der Waals surface area contributed by atoms with E-state index in [1.807, 2.05) is 81.5 Å². The average molecular weight is 892 g/mol. The molecule has 15 heteroatoms. The zero-order chi connectivity index (χ0) is 46.9. The molecule has 3 heterocycles. The molecule has 0 saturated carbocycles. The van der Waals surface area contributed by atoms with Crippen LogP contribution in [-0.4, -0.2) is 148 Å². The summed E-state index contributed by atoms with van der Waals surface area (Å²) in [6.07, 6.45) is 9.97. The summed E-state index contributed by atoms with van der Waals surface area (Å²) in [7, 11) is 0. The Hall–Kier alpha value is -2.71. The number of rotatable bonds is 2. The number of allylic oxidation sites excluding steroid dienone is 12. The number of fused-ring (bicyclic) bond motifs is 2. The second-order valence-corrected chi connectivity index (χ2v) is 18.1. The van der Waals surface area contributed by atoms with Crippen LogP contribution in [0.15, 0.2) is 85.1 Å². The van der Waals surface area contributed by atoms with Gasteiger partial charge in [0.25, 0.3) is 0 Å². The van der Waals surface area contributed by atoms with E-state index < -0.39 is 104 Å². The number of carbonyl (C=O) groups is 1. The first-order valence-corrected chi connectivity index (χ1v) is 22.5. The van der Waals surface area contributed by atoms with Crippen LogP contribution in [0.4, 0.5) is 0 Å². The highest BCUT2D eigenvalue weighted by Crippen LogP contribution is 2.38. The Kier molecular flexibility index (Phi) is 23.5. The Balaban J connectivity index is 1.81. The molecule has 0 aromatic carbocycles. The molecule has 358 valence electrons. The number of carbonyl (C=O) groups excluding carboxylic acids is 1. The standard InChI is InChI=1S/C48H77NO14/c1-29-18-16-14-12-10-8-6-7-9-11-13-15-17-19-38(62-47-46(59)43(49)45(58)33(5)61-47)26-42-32(4)40(55)27-48(60,63-42)28-41(56)39(54)21-20-34(50)23-36(52)25-37(53)24-35(51)22-30(2)31(3)44(29)57/h6-19,29-34,36-47,50,52-60H,20-28,49H2,1-5H3/b7-6+,10-8+,11-9+,14-12+,15-13+,18-16+,19-17+/t29-,30+,31-,32+,33+,34+,36+,37-,38-,39+,40-,41+,42?,43-,44+,45+,46-,47-,48-/m0/s1. The summed E-state index contributed by atoms with van der Waals surface area (Å²) < 4.78 is 18.1. The maximum absolute atomic E-state index is 12.8. The van der Waals surface area contributed by atoms with Gasteiger partial charge in [-0.05, 0) is 44.4 Å². The van der Waals surface area contributed by atoms with Crippen molar-refractivity contribution in [3.05, 3.63) is 85.1 Å². The Bertz CT molecular complexity index is 1560. The van der Waals surface area contributed by atoms with Gasteiger partial charge < -0.3 is 71.0 Å². The Morgan fingerprint density at radius 1 is 0.603 bits per heavy atom. The molecule has 3 aliphatic heterocycles. The SMILES string of the molecule is C[C@@H]1[C@H](O)[C@@H](C)/C=C/C=C/C=C/C=C/C=C/C=C/C=C/[C@H](O[C@@H]2O[C@H](C)[C@@H](O)[C@H](N)[C@@H]2O)CC2O[C@](O)(C[C@@H](O)[C@H](O)CC[C@@H](O)C[C@@H](O)C[C@@H](O)CC(=O)C[C@H]1C)C[C@H](O)[C@H]2C. The van der Waals surface area contributed by atoms with Gasteiger partial charge in [0.05, 0.1) is 73.2 Å². The largest absolute Gasteiger partial charge is 0.393 e. The number of aliphatic hydroxyl groups excluding tert-OH is 9. The quantitative estimate of drug-likeness (QED) is 0.190. The van der Waals surface area contributed by atoms with E-state index in [0.717, 1.165) is 0 Å². The topological polar surface area (TPSA) is 273 Å². The van der Waals surface area contributed by atoms with E-state index in [0.29, 0.717) is 0 Å². The third-order valence-electron chi connectivity index (χ3n) is 12.6. The highest BCUT2D eigenvalue weighted by Gasteiger charge is 2.47. The summed E-state index contributed by atoms with van der Waals surface area (Å²) in [4.78, 5) is 12.8. The second-order valence-electron chi connectivity index (χ2n) is 18.1. The van der Waals surface area contributed by atoms with Crippen LogP contribution >= 0.6 is 0 Å². The predicted octanol–water partition coefficient (Wildman–Crippen LogP) is 2.31. The van der Waals surface area contributed by atoms with Gasteiger partial charge in [-0.15, -0.1) is 0 Å². The zero-order valence-electron chi connectivity index (χ0n) is 37.5. The molecule has 2 saturated heterocycles. The second kappa shape index (κ2) is 27.1. The van der Waals surface area contributed by atoms with Crippen LogP contribution in [0.5, 0.6) is 0 Å². The molecule has 0 radical (unpaired) electrons. The van der Waals surface area contributed by atoms with Gasteiger partial charge in [0.2, 0.25) is 0 Å². The van der Waals surface area contributed by atoms with E-state index in [1.165, 1.54) is 0 Å². The summed E-state index contributed by atoms with van der Waals surface area (Å²) in [6, 6.07) is -1.05. The van der Waals surface area contributed by atoms with Crippen molar-refractivity contribution < 1.29 is 70.1 Å². The third-order valence-corrected chi connectivity index (χ3v) is 12.6. The lowest BCUT2D eigenvalue weighted by molar-refractivity contribution is -0.310. The third kappa shape index (κ3) is 18.6.